The molecule has 0 spiro atoms. The number of aromatic nitrogens is 1. The molecule has 3 amide bonds. The predicted octanol–water partition coefficient (Wildman–Crippen LogP) is 0.971. The first-order valence-electron chi connectivity index (χ1n) is 6.99. The summed E-state index contributed by atoms with van der Waals surface area (Å²) in [6, 6.07) is 7.13. The van der Waals surface area contributed by atoms with Crippen molar-refractivity contribution in [3.63, 3.8) is 0 Å². The molecule has 1 N–H and O–H groups in total. The Bertz CT molecular complexity index is 775. The van der Waals surface area contributed by atoms with Gasteiger partial charge in [0.15, 0.2) is 6.61 Å². The third kappa shape index (κ3) is 1.86. The highest BCUT2D eigenvalue weighted by atomic mass is 16.6. The molecule has 0 bridgehead atoms. The van der Waals surface area contributed by atoms with E-state index in [0.717, 1.165) is 15.8 Å². The molecule has 0 radical (unpaired) electrons. The first kappa shape index (κ1) is 12.9. The topological polar surface area (TPSA) is 82.7 Å². The Morgan fingerprint density at radius 3 is 2.77 bits per heavy atom. The van der Waals surface area contributed by atoms with Crippen LogP contribution in [-0.4, -0.2) is 58.4 Å². The minimum Gasteiger partial charge on any atom is -0.439 e. The molecule has 0 aliphatic carbocycles. The number of cyclic esters (lactones) is 1. The van der Waals surface area contributed by atoms with Crippen molar-refractivity contribution in [3.05, 3.63) is 36.0 Å². The zero-order chi connectivity index (χ0) is 15.3. The zero-order valence-corrected chi connectivity index (χ0v) is 11.6. The smallest absolute Gasteiger partial charge is 0.417 e. The number of hydrogen-bond acceptors (Lipinski definition) is 4. The zero-order valence-electron chi connectivity index (χ0n) is 11.6. The maximum atomic E-state index is 12.4. The number of hydrogen-bond donors (Lipinski definition) is 1. The lowest BCUT2D eigenvalue weighted by molar-refractivity contribution is -0.129. The highest BCUT2D eigenvalue weighted by Gasteiger charge is 2.44. The first-order chi connectivity index (χ1) is 10.6. The fourth-order valence-electron chi connectivity index (χ4n) is 2.86. The molecular weight excluding hydrogens is 286 g/mol. The van der Waals surface area contributed by atoms with Crippen LogP contribution in [0.3, 0.4) is 0 Å². The second-order valence-electron chi connectivity index (χ2n) is 5.46. The van der Waals surface area contributed by atoms with Gasteiger partial charge in [-0.1, -0.05) is 6.07 Å². The number of nitrogens with zero attached hydrogens (tertiary/aromatic N) is 2. The number of ether oxygens (including phenoxy) is 1. The summed E-state index contributed by atoms with van der Waals surface area (Å²) in [7, 11) is 0. The van der Waals surface area contributed by atoms with Gasteiger partial charge in [0.2, 0.25) is 0 Å². The van der Waals surface area contributed by atoms with Crippen LogP contribution in [0, 0.1) is 0 Å². The molecule has 3 heterocycles. The van der Waals surface area contributed by atoms with Gasteiger partial charge in [0.1, 0.15) is 0 Å². The average Bonchev–Trinajstić information content (AvgIpc) is 3.05. The van der Waals surface area contributed by atoms with Crippen molar-refractivity contribution >= 4 is 28.8 Å². The number of carbonyl (C=O) groups excluding carboxylic acids is 3. The Hall–Kier alpha value is -2.83. The van der Waals surface area contributed by atoms with E-state index in [0.29, 0.717) is 18.7 Å². The van der Waals surface area contributed by atoms with Crippen LogP contribution in [0.2, 0.25) is 0 Å². The van der Waals surface area contributed by atoms with Crippen molar-refractivity contribution < 1.29 is 19.1 Å². The second kappa shape index (κ2) is 4.59. The summed E-state index contributed by atoms with van der Waals surface area (Å²) in [4.78, 5) is 41.2. The summed E-state index contributed by atoms with van der Waals surface area (Å²) < 4.78 is 4.68. The fraction of sp³-hybridized carbons (Fsp3) is 0.267. The van der Waals surface area contributed by atoms with Gasteiger partial charge in [-0.05, 0) is 23.6 Å². The average molecular weight is 299 g/mol. The summed E-state index contributed by atoms with van der Waals surface area (Å²) in [5, 5.41) is 1.04. The van der Waals surface area contributed by atoms with Crippen LogP contribution in [-0.2, 0) is 9.53 Å². The van der Waals surface area contributed by atoms with Gasteiger partial charge in [-0.25, -0.2) is 9.69 Å². The van der Waals surface area contributed by atoms with Crippen LogP contribution < -0.4 is 0 Å². The number of H-pyrrole nitrogens is 1. The van der Waals surface area contributed by atoms with Gasteiger partial charge < -0.3 is 14.6 Å². The van der Waals surface area contributed by atoms with E-state index >= 15 is 0 Å². The lowest BCUT2D eigenvalue weighted by Gasteiger charge is -2.41. The highest BCUT2D eigenvalue weighted by molar-refractivity contribution is 6.00. The molecule has 1 aromatic heterocycles. The molecule has 2 aromatic rings. The van der Waals surface area contributed by atoms with E-state index in [1.807, 2.05) is 18.3 Å². The van der Waals surface area contributed by atoms with Crippen molar-refractivity contribution in [2.45, 2.75) is 6.04 Å². The van der Waals surface area contributed by atoms with Crippen molar-refractivity contribution in [2.24, 2.45) is 0 Å². The monoisotopic (exact) mass is 299 g/mol. The number of imide groups is 1. The number of nitrogens with one attached hydrogen (secondary N) is 1. The van der Waals surface area contributed by atoms with Gasteiger partial charge in [-0.15, -0.1) is 0 Å². The lowest BCUT2D eigenvalue weighted by Crippen LogP contribution is -2.62. The molecule has 22 heavy (non-hydrogen) atoms. The standard InChI is InChI=1S/C15H13N3O4/c19-13-8-22-15(21)18(13)11-6-17(7-11)14(20)10-2-1-9-3-4-16-12(9)5-10/h1-5,11,16H,6-8H2. The normalized spacial score (nSPS) is 18.7. The van der Waals surface area contributed by atoms with Crippen molar-refractivity contribution in [1.82, 2.24) is 14.8 Å². The maximum absolute atomic E-state index is 12.4. The van der Waals surface area contributed by atoms with Crippen molar-refractivity contribution in [3.8, 4) is 0 Å². The molecule has 2 aliphatic rings. The molecule has 7 nitrogen and oxygen atoms in total. The molecule has 112 valence electrons. The molecule has 2 aliphatic heterocycles. The summed E-state index contributed by atoms with van der Waals surface area (Å²) >= 11 is 0. The van der Waals surface area contributed by atoms with Gasteiger partial charge >= 0.3 is 6.09 Å². The van der Waals surface area contributed by atoms with E-state index in [9.17, 15) is 14.4 Å². The summed E-state index contributed by atoms with van der Waals surface area (Å²) in [5.41, 5.74) is 1.49. The number of fused-ring (bicyclic) bond motifs is 1. The molecule has 1 aromatic carbocycles. The Balaban J connectivity index is 1.47. The lowest BCUT2D eigenvalue weighted by atomic mass is 10.0. The Labute approximate surface area is 125 Å². The number of amides is 3. The Morgan fingerprint density at radius 1 is 1.23 bits per heavy atom. The van der Waals surface area contributed by atoms with Gasteiger partial charge in [0.05, 0.1) is 6.04 Å². The van der Waals surface area contributed by atoms with Crippen LogP contribution in [0.25, 0.3) is 10.9 Å². The molecule has 0 atom stereocenters. The van der Waals surface area contributed by atoms with E-state index in [2.05, 4.69) is 9.72 Å². The third-order valence-electron chi connectivity index (χ3n) is 4.10. The second-order valence-corrected chi connectivity index (χ2v) is 5.46. The number of rotatable bonds is 2. The fourth-order valence-corrected chi connectivity index (χ4v) is 2.86. The van der Waals surface area contributed by atoms with Crippen LogP contribution in [0.5, 0.6) is 0 Å². The first-order valence-corrected chi connectivity index (χ1v) is 6.99. The van der Waals surface area contributed by atoms with Gasteiger partial charge in [0, 0.05) is 30.4 Å². The maximum Gasteiger partial charge on any atom is 0.417 e. The van der Waals surface area contributed by atoms with E-state index in [1.54, 1.807) is 17.0 Å². The minimum atomic E-state index is -0.616. The van der Waals surface area contributed by atoms with E-state index in [1.165, 1.54) is 0 Å². The Kier molecular flexibility index (Phi) is 2.69. The highest BCUT2D eigenvalue weighted by Crippen LogP contribution is 2.23. The van der Waals surface area contributed by atoms with Crippen LogP contribution in [0.1, 0.15) is 10.4 Å². The van der Waals surface area contributed by atoms with E-state index in [-0.39, 0.29) is 24.5 Å². The van der Waals surface area contributed by atoms with E-state index < -0.39 is 6.09 Å². The molecule has 0 unspecified atom stereocenters. The molecular formula is C15H13N3O4. The van der Waals surface area contributed by atoms with Crippen molar-refractivity contribution in [2.75, 3.05) is 19.7 Å². The molecule has 2 saturated heterocycles. The SMILES string of the molecule is O=C(c1ccc2cc[nH]c2c1)N1CC(N2C(=O)COC2=O)C1. The largest absolute Gasteiger partial charge is 0.439 e. The summed E-state index contributed by atoms with van der Waals surface area (Å²) in [6.45, 7) is 0.498. The third-order valence-corrected chi connectivity index (χ3v) is 4.10. The molecule has 0 saturated carbocycles. The molecule has 7 heteroatoms. The number of aromatic amines is 1. The van der Waals surface area contributed by atoms with Gasteiger partial charge in [0.25, 0.3) is 11.8 Å². The van der Waals surface area contributed by atoms with Crippen molar-refractivity contribution in [1.29, 1.82) is 0 Å². The molecule has 2 fully saturated rings. The predicted molar refractivity (Wildman–Crippen MR) is 76.2 cm³/mol. The van der Waals surface area contributed by atoms with E-state index in [4.69, 9.17) is 0 Å². The number of carbonyl (C=O) groups is 3. The Morgan fingerprint density at radius 2 is 2.05 bits per heavy atom. The van der Waals surface area contributed by atoms with Crippen LogP contribution in [0.15, 0.2) is 30.5 Å². The van der Waals surface area contributed by atoms with Crippen LogP contribution in [0.4, 0.5) is 4.79 Å². The summed E-state index contributed by atoms with van der Waals surface area (Å²) in [5.74, 6) is -0.442. The summed E-state index contributed by atoms with van der Waals surface area (Å²) in [6.07, 6.45) is 1.21. The van der Waals surface area contributed by atoms with Gasteiger partial charge in [-0.3, -0.25) is 9.59 Å². The molecule has 4 rings (SSSR count). The van der Waals surface area contributed by atoms with Gasteiger partial charge in [-0.2, -0.15) is 0 Å². The van der Waals surface area contributed by atoms with Crippen LogP contribution >= 0.6 is 0 Å². The minimum absolute atomic E-state index is 0.104. The quantitative estimate of drug-likeness (QED) is 0.895. The number of likely N-dealkylation sites (tertiary alicyclic amines) is 1. The number of benzene rings is 1.